The van der Waals surface area contributed by atoms with E-state index in [2.05, 4.69) is 6.92 Å². The maximum Gasteiger partial charge on any atom is 0.305 e. The van der Waals surface area contributed by atoms with E-state index in [1.807, 2.05) is 0 Å². The Morgan fingerprint density at radius 1 is 1.06 bits per heavy atom. The third-order valence-electron chi connectivity index (χ3n) is 2.20. The van der Waals surface area contributed by atoms with Gasteiger partial charge in [-0.05, 0) is 6.42 Å². The lowest BCUT2D eigenvalue weighted by atomic mass is 10.1. The number of halogens is 1. The van der Waals surface area contributed by atoms with Crippen LogP contribution in [-0.2, 0) is 14.3 Å². The Balaban J connectivity index is 3.12. The van der Waals surface area contributed by atoms with Gasteiger partial charge in [-0.15, -0.1) is 11.6 Å². The van der Waals surface area contributed by atoms with Crippen molar-refractivity contribution in [2.45, 2.75) is 45.4 Å². The highest BCUT2D eigenvalue weighted by Gasteiger charge is 2.01. The molecular formula is C12H23ClO3. The Morgan fingerprint density at radius 2 is 1.81 bits per heavy atom. The number of hydrogen-bond donors (Lipinski definition) is 0. The molecule has 16 heavy (non-hydrogen) atoms. The largest absolute Gasteiger partial charge is 0.463 e. The van der Waals surface area contributed by atoms with Gasteiger partial charge >= 0.3 is 5.97 Å². The number of hydrogen-bond acceptors (Lipinski definition) is 3. The first kappa shape index (κ1) is 15.7. The SMILES string of the molecule is CCCCCCCC(=O)OCCOCCCl. The summed E-state index contributed by atoms with van der Waals surface area (Å²) in [5.74, 6) is 0.358. The lowest BCUT2D eigenvalue weighted by Crippen LogP contribution is -2.11. The second-order valence-corrected chi connectivity index (χ2v) is 4.06. The van der Waals surface area contributed by atoms with Crippen LogP contribution in [0.4, 0.5) is 0 Å². The fraction of sp³-hybridized carbons (Fsp3) is 0.917. The molecule has 0 fully saturated rings. The lowest BCUT2D eigenvalue weighted by molar-refractivity contribution is -0.145. The van der Waals surface area contributed by atoms with Gasteiger partial charge in [0.2, 0.25) is 0 Å². The summed E-state index contributed by atoms with van der Waals surface area (Å²) in [6.45, 7) is 3.46. The quantitative estimate of drug-likeness (QED) is 0.321. The number of carbonyl (C=O) groups excluding carboxylic acids is 1. The van der Waals surface area contributed by atoms with Gasteiger partial charge in [-0.3, -0.25) is 4.79 Å². The highest BCUT2D eigenvalue weighted by Crippen LogP contribution is 2.05. The van der Waals surface area contributed by atoms with E-state index in [0.29, 0.717) is 32.1 Å². The number of alkyl halides is 1. The smallest absolute Gasteiger partial charge is 0.305 e. The molecule has 0 amide bonds. The first-order valence-electron chi connectivity index (χ1n) is 6.10. The summed E-state index contributed by atoms with van der Waals surface area (Å²) in [5, 5.41) is 0. The zero-order valence-electron chi connectivity index (χ0n) is 10.2. The molecule has 0 unspecified atom stereocenters. The van der Waals surface area contributed by atoms with Gasteiger partial charge in [-0.2, -0.15) is 0 Å². The van der Waals surface area contributed by atoms with Crippen LogP contribution in [-0.4, -0.2) is 31.7 Å². The molecule has 3 nitrogen and oxygen atoms in total. The normalized spacial score (nSPS) is 10.4. The van der Waals surface area contributed by atoms with Gasteiger partial charge in [0.05, 0.1) is 13.2 Å². The van der Waals surface area contributed by atoms with E-state index in [1.54, 1.807) is 0 Å². The minimum atomic E-state index is -0.119. The number of rotatable bonds is 11. The molecule has 0 spiro atoms. The van der Waals surface area contributed by atoms with Crippen molar-refractivity contribution in [2.24, 2.45) is 0 Å². The van der Waals surface area contributed by atoms with Crippen LogP contribution in [0.15, 0.2) is 0 Å². The molecule has 0 aliphatic carbocycles. The highest BCUT2D eigenvalue weighted by molar-refractivity contribution is 6.17. The molecule has 0 heterocycles. The van der Waals surface area contributed by atoms with Crippen LogP contribution >= 0.6 is 11.6 Å². The fourth-order valence-electron chi connectivity index (χ4n) is 1.32. The Labute approximate surface area is 103 Å². The van der Waals surface area contributed by atoms with E-state index in [9.17, 15) is 4.79 Å². The monoisotopic (exact) mass is 250 g/mol. The summed E-state index contributed by atoms with van der Waals surface area (Å²) < 4.78 is 10.1. The molecular weight excluding hydrogens is 228 g/mol. The first-order chi connectivity index (χ1) is 7.81. The summed E-state index contributed by atoms with van der Waals surface area (Å²) in [4.78, 5) is 11.2. The average molecular weight is 251 g/mol. The molecule has 4 heteroatoms. The minimum absolute atomic E-state index is 0.119. The molecule has 0 atom stereocenters. The maximum absolute atomic E-state index is 11.2. The molecule has 96 valence electrons. The van der Waals surface area contributed by atoms with Gasteiger partial charge < -0.3 is 9.47 Å². The molecule has 0 radical (unpaired) electrons. The highest BCUT2D eigenvalue weighted by atomic mass is 35.5. The van der Waals surface area contributed by atoms with E-state index in [4.69, 9.17) is 21.1 Å². The van der Waals surface area contributed by atoms with Crippen molar-refractivity contribution < 1.29 is 14.3 Å². The van der Waals surface area contributed by atoms with Crippen molar-refractivity contribution in [3.63, 3.8) is 0 Å². The summed E-state index contributed by atoms with van der Waals surface area (Å²) in [6.07, 6.45) is 6.26. The number of ether oxygens (including phenoxy) is 2. The average Bonchev–Trinajstić information content (AvgIpc) is 2.28. The van der Waals surface area contributed by atoms with E-state index < -0.39 is 0 Å². The fourth-order valence-corrected chi connectivity index (χ4v) is 1.43. The molecule has 0 aromatic carbocycles. The Bertz CT molecular complexity index is 146. The van der Waals surface area contributed by atoms with Crippen LogP contribution < -0.4 is 0 Å². The van der Waals surface area contributed by atoms with Crippen molar-refractivity contribution in [1.82, 2.24) is 0 Å². The minimum Gasteiger partial charge on any atom is -0.463 e. The summed E-state index contributed by atoms with van der Waals surface area (Å²) in [5.41, 5.74) is 0. The zero-order valence-corrected chi connectivity index (χ0v) is 10.9. The van der Waals surface area contributed by atoms with E-state index in [-0.39, 0.29) is 5.97 Å². The number of unbranched alkanes of at least 4 members (excludes halogenated alkanes) is 4. The van der Waals surface area contributed by atoms with Crippen LogP contribution in [0.3, 0.4) is 0 Å². The van der Waals surface area contributed by atoms with Crippen molar-refractivity contribution in [2.75, 3.05) is 25.7 Å². The zero-order chi connectivity index (χ0) is 12.1. The maximum atomic E-state index is 11.2. The molecule has 0 aromatic heterocycles. The second-order valence-electron chi connectivity index (χ2n) is 3.69. The van der Waals surface area contributed by atoms with Crippen molar-refractivity contribution in [1.29, 1.82) is 0 Å². The van der Waals surface area contributed by atoms with Gasteiger partial charge in [-0.1, -0.05) is 32.6 Å². The van der Waals surface area contributed by atoms with Gasteiger partial charge in [0, 0.05) is 12.3 Å². The van der Waals surface area contributed by atoms with Gasteiger partial charge in [0.15, 0.2) is 0 Å². The Hall–Kier alpha value is -0.280. The number of carbonyl (C=O) groups is 1. The van der Waals surface area contributed by atoms with Gasteiger partial charge in [0.25, 0.3) is 0 Å². The van der Waals surface area contributed by atoms with Crippen LogP contribution in [0.2, 0.25) is 0 Å². The molecule has 0 aliphatic rings. The van der Waals surface area contributed by atoms with Crippen molar-refractivity contribution >= 4 is 17.6 Å². The number of esters is 1. The predicted molar refractivity (Wildman–Crippen MR) is 65.9 cm³/mol. The standard InChI is InChI=1S/C12H23ClO3/c1-2-3-4-5-6-7-12(14)16-11-10-15-9-8-13/h2-11H2,1H3. The molecule has 0 bridgehead atoms. The van der Waals surface area contributed by atoms with Gasteiger partial charge in [0.1, 0.15) is 6.61 Å². The Kier molecular flexibility index (Phi) is 12.6. The van der Waals surface area contributed by atoms with Crippen molar-refractivity contribution in [3.05, 3.63) is 0 Å². The summed E-state index contributed by atoms with van der Waals surface area (Å²) in [7, 11) is 0. The second kappa shape index (κ2) is 12.8. The van der Waals surface area contributed by atoms with Crippen LogP contribution in [0, 0.1) is 0 Å². The predicted octanol–water partition coefficient (Wildman–Crippen LogP) is 3.15. The van der Waals surface area contributed by atoms with Crippen LogP contribution in [0.25, 0.3) is 0 Å². The van der Waals surface area contributed by atoms with Gasteiger partial charge in [-0.25, -0.2) is 0 Å². The third kappa shape index (κ3) is 11.8. The Morgan fingerprint density at radius 3 is 2.50 bits per heavy atom. The molecule has 0 saturated heterocycles. The van der Waals surface area contributed by atoms with Crippen LogP contribution in [0.5, 0.6) is 0 Å². The molecule has 0 aromatic rings. The summed E-state index contributed by atoms with van der Waals surface area (Å²) >= 11 is 5.42. The first-order valence-corrected chi connectivity index (χ1v) is 6.64. The molecule has 0 N–H and O–H groups in total. The third-order valence-corrected chi connectivity index (χ3v) is 2.35. The molecule has 0 aliphatic heterocycles. The van der Waals surface area contributed by atoms with E-state index >= 15 is 0 Å². The van der Waals surface area contributed by atoms with E-state index in [0.717, 1.165) is 12.8 Å². The molecule has 0 saturated carbocycles. The van der Waals surface area contributed by atoms with Crippen molar-refractivity contribution in [3.8, 4) is 0 Å². The molecule has 0 rings (SSSR count). The lowest BCUT2D eigenvalue weighted by Gasteiger charge is -2.05. The van der Waals surface area contributed by atoms with E-state index in [1.165, 1.54) is 19.3 Å². The summed E-state index contributed by atoms with van der Waals surface area (Å²) in [6, 6.07) is 0. The topological polar surface area (TPSA) is 35.5 Å². The van der Waals surface area contributed by atoms with Crippen LogP contribution in [0.1, 0.15) is 45.4 Å².